The Labute approximate surface area is 119 Å². The van der Waals surface area contributed by atoms with Crippen LogP contribution in [0.1, 0.15) is 24.8 Å². The van der Waals surface area contributed by atoms with Gasteiger partial charge in [0, 0.05) is 24.9 Å². The minimum atomic E-state index is 0.0369. The number of urea groups is 1. The van der Waals surface area contributed by atoms with Crippen LogP contribution in [0, 0.1) is 0 Å². The normalized spacial score (nSPS) is 22.2. The number of hydrogen-bond acceptors (Lipinski definition) is 2. The predicted octanol–water partition coefficient (Wildman–Crippen LogP) is 3.11. The summed E-state index contributed by atoms with van der Waals surface area (Å²) in [6, 6.07) is 10.4. The third-order valence-corrected chi connectivity index (χ3v) is 4.98. The first-order valence-electron chi connectivity index (χ1n) is 6.79. The van der Waals surface area contributed by atoms with Gasteiger partial charge in [-0.1, -0.05) is 36.8 Å². The van der Waals surface area contributed by atoms with E-state index in [1.807, 2.05) is 54.0 Å². The molecule has 0 radical (unpaired) electrons. The molecule has 0 heterocycles. The van der Waals surface area contributed by atoms with Gasteiger partial charge in [0.2, 0.25) is 0 Å². The Hall–Kier alpha value is -1.16. The van der Waals surface area contributed by atoms with Crippen LogP contribution in [0.3, 0.4) is 0 Å². The Morgan fingerprint density at radius 3 is 2.79 bits per heavy atom. The maximum atomic E-state index is 12.2. The summed E-state index contributed by atoms with van der Waals surface area (Å²) in [5, 5.41) is 3.59. The lowest BCUT2D eigenvalue weighted by Crippen LogP contribution is -2.45. The summed E-state index contributed by atoms with van der Waals surface area (Å²) in [5.74, 6) is 0. The van der Waals surface area contributed by atoms with Gasteiger partial charge >= 0.3 is 6.03 Å². The van der Waals surface area contributed by atoms with Gasteiger partial charge in [0.15, 0.2) is 0 Å². The van der Waals surface area contributed by atoms with Crippen molar-refractivity contribution in [2.24, 2.45) is 0 Å². The third-order valence-electron chi connectivity index (χ3n) is 3.82. The lowest BCUT2D eigenvalue weighted by atomic mass is 10.2. The Kier molecular flexibility index (Phi) is 5.14. The molecule has 1 fully saturated rings. The number of amides is 2. The number of thioether (sulfide) groups is 1. The second kappa shape index (κ2) is 6.85. The second-order valence-corrected chi connectivity index (χ2v) is 6.10. The maximum Gasteiger partial charge on any atom is 0.317 e. The molecular weight excluding hydrogens is 256 g/mol. The highest BCUT2D eigenvalue weighted by Gasteiger charge is 2.31. The molecule has 2 rings (SSSR count). The molecule has 2 amide bonds. The average molecular weight is 278 g/mol. The van der Waals surface area contributed by atoms with Gasteiger partial charge < -0.3 is 10.2 Å². The van der Waals surface area contributed by atoms with Crippen molar-refractivity contribution >= 4 is 17.8 Å². The molecule has 1 saturated carbocycles. The predicted molar refractivity (Wildman–Crippen MR) is 81.4 cm³/mol. The van der Waals surface area contributed by atoms with Gasteiger partial charge in [0.25, 0.3) is 0 Å². The zero-order chi connectivity index (χ0) is 13.7. The Morgan fingerprint density at radius 1 is 1.37 bits per heavy atom. The van der Waals surface area contributed by atoms with Crippen LogP contribution < -0.4 is 5.32 Å². The van der Waals surface area contributed by atoms with Crippen LogP contribution in [0.2, 0.25) is 0 Å². The van der Waals surface area contributed by atoms with E-state index in [4.69, 9.17) is 0 Å². The fourth-order valence-corrected chi connectivity index (χ4v) is 3.71. The Bertz CT molecular complexity index is 410. The lowest BCUT2D eigenvalue weighted by Gasteiger charge is -2.29. The quantitative estimate of drug-likeness (QED) is 0.918. The maximum absolute atomic E-state index is 12.2. The van der Waals surface area contributed by atoms with E-state index >= 15 is 0 Å². The van der Waals surface area contributed by atoms with Crippen LogP contribution in [0.4, 0.5) is 4.79 Å². The molecule has 1 aliphatic carbocycles. The van der Waals surface area contributed by atoms with Crippen LogP contribution in [0.15, 0.2) is 30.3 Å². The van der Waals surface area contributed by atoms with E-state index in [0.717, 1.165) is 12.0 Å². The molecule has 0 bridgehead atoms. The van der Waals surface area contributed by atoms with E-state index in [1.54, 1.807) is 0 Å². The summed E-state index contributed by atoms with van der Waals surface area (Å²) < 4.78 is 0. The van der Waals surface area contributed by atoms with Gasteiger partial charge in [-0.25, -0.2) is 4.79 Å². The van der Waals surface area contributed by atoms with Crippen molar-refractivity contribution < 1.29 is 4.79 Å². The number of hydrogen-bond donors (Lipinski definition) is 1. The number of carbonyl (C=O) groups is 1. The van der Waals surface area contributed by atoms with Gasteiger partial charge in [-0.3, -0.25) is 0 Å². The molecule has 0 spiro atoms. The molecule has 0 aromatic heterocycles. The topological polar surface area (TPSA) is 32.3 Å². The molecule has 0 saturated heterocycles. The Balaban J connectivity index is 1.85. The number of nitrogens with zero attached hydrogens (tertiary/aromatic N) is 1. The summed E-state index contributed by atoms with van der Waals surface area (Å²) in [7, 11) is 1.92. The number of benzene rings is 1. The van der Waals surface area contributed by atoms with Crippen molar-refractivity contribution in [3.63, 3.8) is 0 Å². The zero-order valence-electron chi connectivity index (χ0n) is 11.6. The van der Waals surface area contributed by atoms with E-state index in [9.17, 15) is 4.79 Å². The van der Waals surface area contributed by atoms with Crippen molar-refractivity contribution in [3.8, 4) is 0 Å². The Morgan fingerprint density at radius 2 is 2.11 bits per heavy atom. The van der Waals surface area contributed by atoms with Crippen molar-refractivity contribution in [1.29, 1.82) is 0 Å². The van der Waals surface area contributed by atoms with Crippen LogP contribution in [0.25, 0.3) is 0 Å². The van der Waals surface area contributed by atoms with Crippen LogP contribution in [-0.4, -0.2) is 35.5 Å². The van der Waals surface area contributed by atoms with E-state index < -0.39 is 0 Å². The molecule has 1 aliphatic rings. The summed E-state index contributed by atoms with van der Waals surface area (Å²) in [6.45, 7) is 0.598. The minimum absolute atomic E-state index is 0.0369. The summed E-state index contributed by atoms with van der Waals surface area (Å²) in [4.78, 5) is 14.1. The highest BCUT2D eigenvalue weighted by atomic mass is 32.2. The van der Waals surface area contributed by atoms with Gasteiger partial charge in [-0.15, -0.1) is 0 Å². The van der Waals surface area contributed by atoms with E-state index in [1.165, 1.54) is 12.8 Å². The van der Waals surface area contributed by atoms with Gasteiger partial charge in [-0.05, 0) is 24.7 Å². The molecule has 2 atom stereocenters. The fourth-order valence-electron chi connectivity index (χ4n) is 2.67. The van der Waals surface area contributed by atoms with E-state index in [0.29, 0.717) is 17.8 Å². The molecule has 4 heteroatoms. The number of rotatable bonds is 4. The van der Waals surface area contributed by atoms with Crippen LogP contribution in [0.5, 0.6) is 0 Å². The largest absolute Gasteiger partial charge is 0.334 e. The second-order valence-electron chi connectivity index (χ2n) is 5.03. The first kappa shape index (κ1) is 14.3. The number of nitrogens with one attached hydrogen (secondary N) is 1. The van der Waals surface area contributed by atoms with Crippen LogP contribution >= 0.6 is 11.8 Å². The fraction of sp³-hybridized carbons (Fsp3) is 0.533. The minimum Gasteiger partial charge on any atom is -0.334 e. The van der Waals surface area contributed by atoms with Crippen molar-refractivity contribution in [2.75, 3.05) is 13.3 Å². The molecule has 104 valence electrons. The first-order chi connectivity index (χ1) is 9.22. The summed E-state index contributed by atoms with van der Waals surface area (Å²) in [6.07, 6.45) is 5.72. The molecule has 19 heavy (non-hydrogen) atoms. The van der Waals surface area contributed by atoms with Gasteiger partial charge in [-0.2, -0.15) is 11.8 Å². The van der Waals surface area contributed by atoms with Crippen molar-refractivity contribution in [2.45, 2.75) is 37.1 Å². The monoisotopic (exact) mass is 278 g/mol. The molecule has 2 unspecified atom stereocenters. The smallest absolute Gasteiger partial charge is 0.317 e. The molecule has 3 nitrogen and oxygen atoms in total. The van der Waals surface area contributed by atoms with E-state index in [-0.39, 0.29) is 6.03 Å². The molecule has 0 aliphatic heterocycles. The van der Waals surface area contributed by atoms with E-state index in [2.05, 4.69) is 11.6 Å². The van der Waals surface area contributed by atoms with Crippen molar-refractivity contribution in [1.82, 2.24) is 10.2 Å². The number of carbonyl (C=O) groups excluding carboxylic acids is 1. The highest BCUT2D eigenvalue weighted by molar-refractivity contribution is 7.99. The molecule has 1 aromatic rings. The first-order valence-corrected chi connectivity index (χ1v) is 8.08. The SMILES string of the molecule is CSC1CCCC1N(C)C(=O)NCc1ccccc1. The molecule has 1 N–H and O–H groups in total. The van der Waals surface area contributed by atoms with Crippen LogP contribution in [-0.2, 0) is 6.54 Å². The third kappa shape index (κ3) is 3.66. The highest BCUT2D eigenvalue weighted by Crippen LogP contribution is 2.31. The molecular formula is C15H22N2OS. The summed E-state index contributed by atoms with van der Waals surface area (Å²) >= 11 is 1.88. The summed E-state index contributed by atoms with van der Waals surface area (Å²) in [5.41, 5.74) is 1.14. The average Bonchev–Trinajstić information content (AvgIpc) is 2.93. The van der Waals surface area contributed by atoms with Crippen molar-refractivity contribution in [3.05, 3.63) is 35.9 Å². The molecule has 1 aromatic carbocycles. The lowest BCUT2D eigenvalue weighted by molar-refractivity contribution is 0.191. The standard InChI is InChI=1S/C15H22N2OS/c1-17(13-9-6-10-14(13)19-2)15(18)16-11-12-7-4-3-5-8-12/h3-5,7-8,13-14H,6,9-11H2,1-2H3,(H,16,18). The van der Waals surface area contributed by atoms with Gasteiger partial charge in [0.1, 0.15) is 0 Å². The zero-order valence-corrected chi connectivity index (χ0v) is 12.5. The van der Waals surface area contributed by atoms with Gasteiger partial charge in [0.05, 0.1) is 0 Å².